The number of halogens is 8. The van der Waals surface area contributed by atoms with Crippen LogP contribution in [0.15, 0.2) is 6.07 Å². The Hall–Kier alpha value is -2.32. The molecule has 0 aliphatic rings. The maximum Gasteiger partial charge on any atom is 0.204 e. The van der Waals surface area contributed by atoms with Gasteiger partial charge in [-0.1, -0.05) is 0 Å². The number of phenols is 1. The Labute approximate surface area is 111 Å². The number of phenolic OH excluding ortho intramolecular Hbond substituents is 1. The highest BCUT2D eigenvalue weighted by Crippen LogP contribution is 2.36. The fraction of sp³-hybridized carbons (Fsp3) is 0. The van der Waals surface area contributed by atoms with Gasteiger partial charge in [0, 0.05) is 5.56 Å². The molecule has 0 aliphatic heterocycles. The number of hydrogen-bond donors (Lipinski definition) is 1. The van der Waals surface area contributed by atoms with Crippen molar-refractivity contribution in [2.45, 2.75) is 0 Å². The van der Waals surface area contributed by atoms with Crippen LogP contribution in [0.25, 0.3) is 11.1 Å². The summed E-state index contributed by atoms with van der Waals surface area (Å²) in [6.07, 6.45) is 0. The third-order valence-electron chi connectivity index (χ3n) is 2.61. The second kappa shape index (κ2) is 4.90. The summed E-state index contributed by atoms with van der Waals surface area (Å²) in [5.41, 5.74) is -3.41. The predicted molar refractivity (Wildman–Crippen MR) is 53.2 cm³/mol. The van der Waals surface area contributed by atoms with Gasteiger partial charge in [0.15, 0.2) is 40.7 Å². The molecule has 0 amide bonds. The highest BCUT2D eigenvalue weighted by Gasteiger charge is 2.30. The van der Waals surface area contributed by atoms with Gasteiger partial charge in [-0.2, -0.15) is 4.39 Å². The monoisotopic (exact) mass is 314 g/mol. The van der Waals surface area contributed by atoms with Crippen molar-refractivity contribution in [3.05, 3.63) is 52.6 Å². The molecule has 0 aliphatic carbocycles. The lowest BCUT2D eigenvalue weighted by molar-refractivity contribution is 0.373. The summed E-state index contributed by atoms with van der Waals surface area (Å²) in [5, 5.41) is 8.76. The van der Waals surface area contributed by atoms with Crippen molar-refractivity contribution in [1.82, 2.24) is 0 Å². The summed E-state index contributed by atoms with van der Waals surface area (Å²) in [5.74, 6) is -20.3. The van der Waals surface area contributed by atoms with Gasteiger partial charge in [0.1, 0.15) is 0 Å². The topological polar surface area (TPSA) is 20.2 Å². The fourth-order valence-corrected chi connectivity index (χ4v) is 1.61. The molecule has 2 aromatic rings. The minimum atomic E-state index is -2.51. The molecule has 112 valence electrons. The van der Waals surface area contributed by atoms with Crippen molar-refractivity contribution in [3.8, 4) is 16.9 Å². The van der Waals surface area contributed by atoms with E-state index in [2.05, 4.69) is 0 Å². The molecule has 0 aromatic heterocycles. The second-order valence-electron chi connectivity index (χ2n) is 3.83. The molecule has 0 saturated carbocycles. The van der Waals surface area contributed by atoms with Crippen LogP contribution in [0.5, 0.6) is 5.75 Å². The van der Waals surface area contributed by atoms with Crippen molar-refractivity contribution in [2.75, 3.05) is 0 Å². The van der Waals surface area contributed by atoms with Crippen molar-refractivity contribution in [1.29, 1.82) is 0 Å². The molecule has 0 bridgehead atoms. The Kier molecular flexibility index (Phi) is 3.52. The van der Waals surface area contributed by atoms with E-state index in [0.29, 0.717) is 0 Å². The first-order valence-electron chi connectivity index (χ1n) is 5.06. The Balaban J connectivity index is 2.93. The van der Waals surface area contributed by atoms with E-state index in [4.69, 9.17) is 5.11 Å². The number of rotatable bonds is 1. The Morgan fingerprint density at radius 3 is 1.48 bits per heavy atom. The third-order valence-corrected chi connectivity index (χ3v) is 2.61. The van der Waals surface area contributed by atoms with E-state index in [1.165, 1.54) is 0 Å². The number of benzene rings is 2. The van der Waals surface area contributed by atoms with Gasteiger partial charge < -0.3 is 5.11 Å². The van der Waals surface area contributed by atoms with Crippen LogP contribution >= 0.6 is 0 Å². The molecule has 0 fully saturated rings. The van der Waals surface area contributed by atoms with Crippen molar-refractivity contribution < 1.29 is 40.2 Å². The SMILES string of the molecule is Oc1c(F)cc(-c2c(F)c(F)c(F)c(F)c2F)c(F)c1F. The van der Waals surface area contributed by atoms with Crippen LogP contribution in [0, 0.1) is 46.5 Å². The van der Waals surface area contributed by atoms with E-state index in [-0.39, 0.29) is 6.07 Å². The fourth-order valence-electron chi connectivity index (χ4n) is 1.61. The average molecular weight is 314 g/mol. The van der Waals surface area contributed by atoms with Gasteiger partial charge in [-0.05, 0) is 6.07 Å². The van der Waals surface area contributed by atoms with E-state index in [1.54, 1.807) is 0 Å². The van der Waals surface area contributed by atoms with Crippen molar-refractivity contribution in [3.63, 3.8) is 0 Å². The van der Waals surface area contributed by atoms with Gasteiger partial charge in [0.25, 0.3) is 0 Å². The van der Waals surface area contributed by atoms with Crippen molar-refractivity contribution in [2.24, 2.45) is 0 Å². The van der Waals surface area contributed by atoms with Gasteiger partial charge in [-0.25, -0.2) is 30.7 Å². The van der Waals surface area contributed by atoms with Gasteiger partial charge in [-0.15, -0.1) is 0 Å². The lowest BCUT2D eigenvalue weighted by atomic mass is 10.0. The highest BCUT2D eigenvalue weighted by atomic mass is 19.2. The second-order valence-corrected chi connectivity index (χ2v) is 3.83. The summed E-state index contributed by atoms with van der Waals surface area (Å²) in [4.78, 5) is 0. The Morgan fingerprint density at radius 2 is 1.00 bits per heavy atom. The summed E-state index contributed by atoms with van der Waals surface area (Å²) >= 11 is 0. The minimum absolute atomic E-state index is 0.0912. The van der Waals surface area contributed by atoms with Gasteiger partial charge in [-0.3, -0.25) is 0 Å². The maximum atomic E-state index is 13.5. The average Bonchev–Trinajstić information content (AvgIpc) is 2.46. The molecule has 9 heteroatoms. The summed E-state index contributed by atoms with van der Waals surface area (Å²) in [6, 6.07) is -0.0912. The van der Waals surface area contributed by atoms with E-state index in [0.717, 1.165) is 0 Å². The zero-order valence-corrected chi connectivity index (χ0v) is 9.55. The maximum absolute atomic E-state index is 13.5. The first-order chi connectivity index (χ1) is 9.68. The zero-order valence-electron chi connectivity index (χ0n) is 9.55. The first kappa shape index (κ1) is 15.1. The molecule has 0 radical (unpaired) electrons. The minimum Gasteiger partial charge on any atom is -0.503 e. The highest BCUT2D eigenvalue weighted by molar-refractivity contribution is 5.67. The standard InChI is InChI=1S/C12H2F8O/c13-3-1-2(5(14)11(20)12(3)21)4-6(15)8(17)10(19)9(18)7(4)16/h1,21H. The van der Waals surface area contributed by atoms with E-state index >= 15 is 0 Å². The molecule has 1 nitrogen and oxygen atoms in total. The molecule has 0 saturated heterocycles. The van der Waals surface area contributed by atoms with Crippen LogP contribution in [0.4, 0.5) is 35.1 Å². The van der Waals surface area contributed by atoms with Gasteiger partial charge >= 0.3 is 0 Å². The molecule has 0 spiro atoms. The molecule has 0 atom stereocenters. The van der Waals surface area contributed by atoms with E-state index < -0.39 is 63.4 Å². The quantitative estimate of drug-likeness (QED) is 0.476. The van der Waals surface area contributed by atoms with Crippen LogP contribution in [0.2, 0.25) is 0 Å². The molecule has 21 heavy (non-hydrogen) atoms. The molecule has 2 rings (SSSR count). The van der Waals surface area contributed by atoms with Gasteiger partial charge in [0.05, 0.1) is 5.56 Å². The normalized spacial score (nSPS) is 11.0. The smallest absolute Gasteiger partial charge is 0.204 e. The largest absolute Gasteiger partial charge is 0.503 e. The van der Waals surface area contributed by atoms with Crippen LogP contribution in [-0.4, -0.2) is 5.11 Å². The number of hydrogen-bond acceptors (Lipinski definition) is 1. The lowest BCUT2D eigenvalue weighted by Crippen LogP contribution is -2.06. The lowest BCUT2D eigenvalue weighted by Gasteiger charge is -2.10. The first-order valence-corrected chi connectivity index (χ1v) is 5.06. The Bertz CT molecular complexity index is 727. The van der Waals surface area contributed by atoms with Crippen LogP contribution in [0.3, 0.4) is 0 Å². The summed E-state index contributed by atoms with van der Waals surface area (Å²) in [7, 11) is 0. The van der Waals surface area contributed by atoms with E-state index in [9.17, 15) is 35.1 Å². The van der Waals surface area contributed by atoms with E-state index in [1.807, 2.05) is 0 Å². The van der Waals surface area contributed by atoms with Crippen LogP contribution in [0.1, 0.15) is 0 Å². The number of aromatic hydroxyl groups is 1. The van der Waals surface area contributed by atoms with Crippen molar-refractivity contribution >= 4 is 0 Å². The third kappa shape index (κ3) is 2.08. The zero-order chi connectivity index (χ0) is 16.1. The molecular weight excluding hydrogens is 312 g/mol. The molecular formula is C12H2F8O. The molecule has 0 heterocycles. The predicted octanol–water partition coefficient (Wildman–Crippen LogP) is 4.17. The van der Waals surface area contributed by atoms with Crippen LogP contribution in [-0.2, 0) is 0 Å². The van der Waals surface area contributed by atoms with Crippen LogP contribution < -0.4 is 0 Å². The molecule has 1 N–H and O–H groups in total. The molecule has 2 aromatic carbocycles. The summed E-state index contributed by atoms with van der Waals surface area (Å²) < 4.78 is 105. The summed E-state index contributed by atoms with van der Waals surface area (Å²) in [6.45, 7) is 0. The molecule has 0 unspecified atom stereocenters. The Morgan fingerprint density at radius 1 is 0.571 bits per heavy atom. The van der Waals surface area contributed by atoms with Gasteiger partial charge in [0.2, 0.25) is 11.6 Å².